The summed E-state index contributed by atoms with van der Waals surface area (Å²) >= 11 is 0. The summed E-state index contributed by atoms with van der Waals surface area (Å²) in [7, 11) is 3.35. The molecule has 10 heteroatoms. The number of ether oxygens (including phenoxy) is 1. The molecule has 29 heavy (non-hydrogen) atoms. The van der Waals surface area contributed by atoms with Gasteiger partial charge in [0.25, 0.3) is 5.91 Å². The van der Waals surface area contributed by atoms with E-state index in [-0.39, 0.29) is 23.0 Å². The SMILES string of the molecule is Nc1ccc(COCNCCSSCCNC(=O)c2ccc(N)cc2O)c(O)c1. The van der Waals surface area contributed by atoms with E-state index in [1.807, 2.05) is 0 Å². The van der Waals surface area contributed by atoms with Crippen LogP contribution < -0.4 is 22.1 Å². The van der Waals surface area contributed by atoms with E-state index in [9.17, 15) is 15.0 Å². The average Bonchev–Trinajstić information content (AvgIpc) is 2.67. The lowest BCUT2D eigenvalue weighted by molar-refractivity contribution is 0.0953. The molecule has 0 saturated heterocycles. The molecule has 0 spiro atoms. The van der Waals surface area contributed by atoms with Gasteiger partial charge in [0.15, 0.2) is 0 Å². The van der Waals surface area contributed by atoms with Crippen LogP contribution in [0, 0.1) is 0 Å². The first-order valence-corrected chi connectivity index (χ1v) is 11.4. The molecular weight excluding hydrogens is 412 g/mol. The molecule has 0 aliphatic rings. The maximum absolute atomic E-state index is 12.0. The summed E-state index contributed by atoms with van der Waals surface area (Å²) in [5.74, 6) is 1.33. The van der Waals surface area contributed by atoms with Gasteiger partial charge in [-0.1, -0.05) is 27.7 Å². The van der Waals surface area contributed by atoms with Crippen LogP contribution in [-0.4, -0.2) is 47.4 Å². The number of aromatic hydroxyl groups is 2. The van der Waals surface area contributed by atoms with E-state index in [1.165, 1.54) is 18.2 Å². The van der Waals surface area contributed by atoms with Gasteiger partial charge in [0, 0.05) is 53.7 Å². The number of benzene rings is 2. The van der Waals surface area contributed by atoms with Crippen LogP contribution in [-0.2, 0) is 11.3 Å². The molecule has 8 N–H and O–H groups in total. The van der Waals surface area contributed by atoms with Gasteiger partial charge in [0.1, 0.15) is 11.5 Å². The number of phenolic OH excluding ortho intramolecular Hbond substituents is 2. The number of rotatable bonds is 12. The number of nitrogens with two attached hydrogens (primary N) is 2. The van der Waals surface area contributed by atoms with E-state index in [0.29, 0.717) is 36.8 Å². The van der Waals surface area contributed by atoms with Crippen molar-refractivity contribution in [2.24, 2.45) is 0 Å². The Kier molecular flexibility index (Phi) is 9.78. The van der Waals surface area contributed by atoms with Crippen LogP contribution >= 0.6 is 21.6 Å². The van der Waals surface area contributed by atoms with E-state index in [1.54, 1.807) is 39.8 Å². The first-order chi connectivity index (χ1) is 14.0. The van der Waals surface area contributed by atoms with Gasteiger partial charge in [-0.25, -0.2) is 0 Å². The van der Waals surface area contributed by atoms with Crippen LogP contribution in [0.1, 0.15) is 15.9 Å². The number of hydrogen-bond donors (Lipinski definition) is 6. The summed E-state index contributed by atoms with van der Waals surface area (Å²) in [5.41, 5.74) is 13.0. The molecule has 0 saturated carbocycles. The van der Waals surface area contributed by atoms with Crippen LogP contribution in [0.4, 0.5) is 11.4 Å². The Morgan fingerprint density at radius 1 is 0.966 bits per heavy atom. The molecular formula is C19H26N4O4S2. The smallest absolute Gasteiger partial charge is 0.255 e. The van der Waals surface area contributed by atoms with Crippen molar-refractivity contribution in [3.05, 3.63) is 47.5 Å². The van der Waals surface area contributed by atoms with Crippen LogP contribution in [0.5, 0.6) is 11.5 Å². The minimum absolute atomic E-state index is 0.121. The quantitative estimate of drug-likeness (QED) is 0.127. The number of amides is 1. The molecule has 1 amide bonds. The van der Waals surface area contributed by atoms with Crippen molar-refractivity contribution in [2.75, 3.05) is 42.8 Å². The molecule has 8 nitrogen and oxygen atoms in total. The molecule has 0 heterocycles. The summed E-state index contributed by atoms with van der Waals surface area (Å²) in [4.78, 5) is 12.0. The van der Waals surface area contributed by atoms with E-state index in [0.717, 1.165) is 18.1 Å². The Bertz CT molecular complexity index is 808. The Morgan fingerprint density at radius 3 is 2.31 bits per heavy atom. The second-order valence-electron chi connectivity index (χ2n) is 6.06. The second kappa shape index (κ2) is 12.3. The first-order valence-electron chi connectivity index (χ1n) is 8.94. The van der Waals surface area contributed by atoms with Crippen molar-refractivity contribution in [1.29, 1.82) is 0 Å². The van der Waals surface area contributed by atoms with Crippen molar-refractivity contribution < 1.29 is 19.7 Å². The van der Waals surface area contributed by atoms with Gasteiger partial charge in [-0.15, -0.1) is 0 Å². The predicted molar refractivity (Wildman–Crippen MR) is 120 cm³/mol. The third kappa shape index (κ3) is 8.32. The van der Waals surface area contributed by atoms with Crippen LogP contribution in [0.15, 0.2) is 36.4 Å². The molecule has 0 atom stereocenters. The Morgan fingerprint density at radius 2 is 1.62 bits per heavy atom. The number of carbonyl (C=O) groups excluding carboxylic acids is 1. The van der Waals surface area contributed by atoms with Crippen molar-refractivity contribution in [1.82, 2.24) is 10.6 Å². The maximum Gasteiger partial charge on any atom is 0.255 e. The lowest BCUT2D eigenvalue weighted by atomic mass is 10.1. The molecule has 0 aliphatic carbocycles. The lowest BCUT2D eigenvalue weighted by Crippen LogP contribution is -2.25. The van der Waals surface area contributed by atoms with Crippen LogP contribution in [0.25, 0.3) is 0 Å². The van der Waals surface area contributed by atoms with Gasteiger partial charge < -0.3 is 31.7 Å². The molecule has 2 aromatic rings. The van der Waals surface area contributed by atoms with E-state index < -0.39 is 0 Å². The van der Waals surface area contributed by atoms with Crippen molar-refractivity contribution in [2.45, 2.75) is 6.61 Å². The van der Waals surface area contributed by atoms with E-state index in [4.69, 9.17) is 16.2 Å². The minimum atomic E-state index is -0.320. The zero-order valence-corrected chi connectivity index (χ0v) is 17.5. The first kappa shape index (κ1) is 23.0. The van der Waals surface area contributed by atoms with Crippen LogP contribution in [0.2, 0.25) is 0 Å². The van der Waals surface area contributed by atoms with Gasteiger partial charge in [-0.3, -0.25) is 10.1 Å². The average molecular weight is 439 g/mol. The zero-order valence-electron chi connectivity index (χ0n) is 15.9. The monoisotopic (exact) mass is 438 g/mol. The Hall–Kier alpha value is -2.27. The number of carbonyl (C=O) groups is 1. The molecule has 0 aliphatic heterocycles. The predicted octanol–water partition coefficient (Wildman–Crippen LogP) is 2.14. The fourth-order valence-electron chi connectivity index (χ4n) is 2.28. The third-order valence-electron chi connectivity index (χ3n) is 3.75. The number of hydrogen-bond acceptors (Lipinski definition) is 9. The van der Waals surface area contributed by atoms with Gasteiger partial charge in [0.2, 0.25) is 0 Å². The number of phenols is 2. The third-order valence-corrected chi connectivity index (χ3v) is 6.16. The minimum Gasteiger partial charge on any atom is -0.508 e. The van der Waals surface area contributed by atoms with Gasteiger partial charge in [0.05, 0.1) is 18.9 Å². The summed E-state index contributed by atoms with van der Waals surface area (Å²) in [6.07, 6.45) is 0. The number of nitrogen functional groups attached to an aromatic ring is 2. The van der Waals surface area contributed by atoms with Crippen molar-refractivity contribution in [3.8, 4) is 11.5 Å². The molecule has 158 valence electrons. The molecule has 0 aromatic heterocycles. The van der Waals surface area contributed by atoms with Crippen molar-refractivity contribution in [3.63, 3.8) is 0 Å². The number of anilines is 2. The van der Waals surface area contributed by atoms with E-state index in [2.05, 4.69) is 10.6 Å². The summed E-state index contributed by atoms with van der Waals surface area (Å²) in [5, 5.41) is 25.4. The highest BCUT2D eigenvalue weighted by molar-refractivity contribution is 8.76. The summed E-state index contributed by atoms with van der Waals surface area (Å²) in [6.45, 7) is 1.97. The molecule has 0 radical (unpaired) electrons. The largest absolute Gasteiger partial charge is 0.508 e. The maximum atomic E-state index is 12.0. The van der Waals surface area contributed by atoms with Crippen molar-refractivity contribution >= 4 is 38.9 Å². The summed E-state index contributed by atoms with van der Waals surface area (Å²) in [6, 6.07) is 9.40. The van der Waals surface area contributed by atoms with E-state index >= 15 is 0 Å². The van der Waals surface area contributed by atoms with Gasteiger partial charge in [-0.2, -0.15) is 0 Å². The topological polar surface area (TPSA) is 143 Å². The second-order valence-corrected chi connectivity index (χ2v) is 8.76. The Labute approximate surface area is 177 Å². The summed E-state index contributed by atoms with van der Waals surface area (Å²) < 4.78 is 5.47. The van der Waals surface area contributed by atoms with Gasteiger partial charge >= 0.3 is 0 Å². The fraction of sp³-hybridized carbons (Fsp3) is 0.316. The number of nitrogens with one attached hydrogen (secondary N) is 2. The van der Waals surface area contributed by atoms with Gasteiger partial charge in [-0.05, 0) is 18.2 Å². The highest BCUT2D eigenvalue weighted by Crippen LogP contribution is 2.22. The standard InChI is InChI=1S/C19H26N4O4S2/c20-14-2-1-13(17(24)9-14)11-27-12-22-5-7-28-29-8-6-23-19(26)16-4-3-15(21)10-18(16)25/h1-4,9-10,22,24-25H,5-8,11-12,20-21H2,(H,23,26). The zero-order chi connectivity index (χ0) is 21.1. The highest BCUT2D eigenvalue weighted by Gasteiger charge is 2.10. The fourth-order valence-corrected chi connectivity index (χ4v) is 4.14. The molecule has 0 unspecified atom stereocenters. The normalized spacial score (nSPS) is 10.8. The molecule has 2 rings (SSSR count). The molecule has 0 fully saturated rings. The molecule has 0 bridgehead atoms. The Balaban J connectivity index is 1.45. The highest BCUT2D eigenvalue weighted by atomic mass is 33.1. The molecule has 2 aromatic carbocycles. The van der Waals surface area contributed by atoms with Crippen LogP contribution in [0.3, 0.4) is 0 Å². The lowest BCUT2D eigenvalue weighted by Gasteiger charge is -2.09.